The predicted molar refractivity (Wildman–Crippen MR) is 92.1 cm³/mol. The molecule has 0 saturated carbocycles. The zero-order chi connectivity index (χ0) is 18.8. The maximum atomic E-state index is 13.8. The molecule has 1 N–H and O–H groups in total. The summed E-state index contributed by atoms with van der Waals surface area (Å²) in [4.78, 5) is 27.7. The maximum absolute atomic E-state index is 13.8. The third-order valence-corrected chi connectivity index (χ3v) is 4.24. The summed E-state index contributed by atoms with van der Waals surface area (Å²) in [5.41, 5.74) is 0.837. The quantitative estimate of drug-likeness (QED) is 0.761. The van der Waals surface area contributed by atoms with Gasteiger partial charge < -0.3 is 9.67 Å². The van der Waals surface area contributed by atoms with Gasteiger partial charge in [0.05, 0.1) is 10.9 Å². The van der Waals surface area contributed by atoms with E-state index >= 15 is 0 Å². The minimum Gasteiger partial charge on any atom is -0.480 e. The minimum atomic E-state index is -1.09. The van der Waals surface area contributed by atoms with Gasteiger partial charge in [-0.1, -0.05) is 24.3 Å². The lowest BCUT2D eigenvalue weighted by Crippen LogP contribution is -2.23. The number of fused-ring (bicyclic) bond motifs is 1. The van der Waals surface area contributed by atoms with Gasteiger partial charge in [0.2, 0.25) is 0 Å². The molecule has 0 aliphatic rings. The molecule has 26 heavy (non-hydrogen) atoms. The largest absolute Gasteiger partial charge is 0.480 e. The molecule has 0 spiro atoms. The Hall–Kier alpha value is -3.09. The summed E-state index contributed by atoms with van der Waals surface area (Å²) >= 11 is 0. The topological polar surface area (TPSA) is 72.2 Å². The third-order valence-electron chi connectivity index (χ3n) is 4.24. The highest BCUT2D eigenvalue weighted by Gasteiger charge is 2.16. The van der Waals surface area contributed by atoms with Crippen LogP contribution in [0.2, 0.25) is 0 Å². The highest BCUT2D eigenvalue weighted by molar-refractivity contribution is 5.83. The maximum Gasteiger partial charge on any atom is 0.323 e. The molecule has 7 heteroatoms. The molecule has 0 atom stereocenters. The first kappa shape index (κ1) is 17.7. The number of nitrogens with zero attached hydrogens (tertiary/aromatic N) is 2. The van der Waals surface area contributed by atoms with Crippen molar-refractivity contribution in [2.45, 2.75) is 26.3 Å². The number of hydrogen-bond donors (Lipinski definition) is 1. The van der Waals surface area contributed by atoms with Crippen molar-refractivity contribution in [3.8, 4) is 0 Å². The summed E-state index contributed by atoms with van der Waals surface area (Å²) in [6.07, 6.45) is 0.194. The van der Waals surface area contributed by atoms with Gasteiger partial charge in [-0.25, -0.2) is 8.78 Å². The number of rotatable bonds is 5. The number of carboxylic acid groups (broad SMARTS) is 1. The monoisotopic (exact) mass is 358 g/mol. The van der Waals surface area contributed by atoms with E-state index in [2.05, 4.69) is 4.98 Å². The molecule has 3 aromatic rings. The Morgan fingerprint density at radius 3 is 2.62 bits per heavy atom. The molecule has 0 radical (unpaired) electrons. The van der Waals surface area contributed by atoms with E-state index < -0.39 is 23.2 Å². The normalized spacial score (nSPS) is 11.0. The fourth-order valence-corrected chi connectivity index (χ4v) is 3.02. The van der Waals surface area contributed by atoms with Crippen molar-refractivity contribution >= 4 is 16.9 Å². The van der Waals surface area contributed by atoms with Crippen LogP contribution >= 0.6 is 0 Å². The molecule has 1 aromatic heterocycles. The molecule has 134 valence electrons. The highest BCUT2D eigenvalue weighted by Crippen LogP contribution is 2.18. The number of halogens is 2. The van der Waals surface area contributed by atoms with Crippen LogP contribution in [0.5, 0.6) is 0 Å². The lowest BCUT2D eigenvalue weighted by atomic mass is 10.1. The number of aryl methyl sites for hydroxylation is 3. The van der Waals surface area contributed by atoms with E-state index in [0.717, 1.165) is 6.07 Å². The van der Waals surface area contributed by atoms with Crippen LogP contribution in [0.15, 0.2) is 41.2 Å². The van der Waals surface area contributed by atoms with Crippen molar-refractivity contribution in [3.63, 3.8) is 0 Å². The lowest BCUT2D eigenvalue weighted by Gasteiger charge is -2.15. The molecule has 0 bridgehead atoms. The van der Waals surface area contributed by atoms with Gasteiger partial charge in [0.25, 0.3) is 5.56 Å². The first-order valence-electron chi connectivity index (χ1n) is 8.02. The van der Waals surface area contributed by atoms with Gasteiger partial charge in [-0.15, -0.1) is 0 Å². The molecule has 5 nitrogen and oxygen atoms in total. The fraction of sp³-hybridized carbons (Fsp3) is 0.211. The number of carbonyl (C=O) groups is 1. The Morgan fingerprint density at radius 2 is 1.88 bits per heavy atom. The summed E-state index contributed by atoms with van der Waals surface area (Å²) in [6, 6.07) is 9.00. The average Bonchev–Trinajstić information content (AvgIpc) is 2.58. The molecule has 0 aliphatic carbocycles. The Labute approximate surface area is 147 Å². The van der Waals surface area contributed by atoms with E-state index in [0.29, 0.717) is 16.5 Å². The van der Waals surface area contributed by atoms with Crippen LogP contribution in [0.3, 0.4) is 0 Å². The highest BCUT2D eigenvalue weighted by atomic mass is 19.2. The Morgan fingerprint density at radius 1 is 1.15 bits per heavy atom. The van der Waals surface area contributed by atoms with Crippen molar-refractivity contribution in [1.82, 2.24) is 9.55 Å². The molecule has 2 aromatic carbocycles. The van der Waals surface area contributed by atoms with Gasteiger partial charge >= 0.3 is 5.97 Å². The van der Waals surface area contributed by atoms with E-state index in [-0.39, 0.29) is 30.8 Å². The van der Waals surface area contributed by atoms with Crippen LogP contribution in [0.4, 0.5) is 8.78 Å². The van der Waals surface area contributed by atoms with Crippen molar-refractivity contribution in [3.05, 3.63) is 75.3 Å². The Kier molecular flexibility index (Phi) is 4.79. The zero-order valence-corrected chi connectivity index (χ0v) is 14.0. The van der Waals surface area contributed by atoms with Crippen LogP contribution in [0, 0.1) is 18.6 Å². The van der Waals surface area contributed by atoms with Crippen molar-refractivity contribution < 1.29 is 18.7 Å². The third kappa shape index (κ3) is 3.33. The second-order valence-corrected chi connectivity index (χ2v) is 6.00. The number of aliphatic carboxylic acids is 1. The number of hydrogen-bond acceptors (Lipinski definition) is 3. The van der Waals surface area contributed by atoms with Crippen LogP contribution < -0.4 is 5.56 Å². The summed E-state index contributed by atoms with van der Waals surface area (Å²) in [7, 11) is 0. The summed E-state index contributed by atoms with van der Waals surface area (Å²) in [5, 5.41) is 9.57. The lowest BCUT2D eigenvalue weighted by molar-refractivity contribution is -0.137. The molecule has 0 saturated heterocycles. The molecule has 0 amide bonds. The fourth-order valence-electron chi connectivity index (χ4n) is 3.02. The SMILES string of the molecule is Cc1cccc2c1c(=O)nc(CCc1cccc(F)c1F)n2CC(=O)O. The van der Waals surface area contributed by atoms with Gasteiger partial charge in [-0.05, 0) is 36.6 Å². The predicted octanol–water partition coefficient (Wildman–Crippen LogP) is 2.85. The van der Waals surface area contributed by atoms with Gasteiger partial charge in [-0.2, -0.15) is 4.98 Å². The number of aromatic nitrogens is 2. The Bertz CT molecular complexity index is 1060. The molecule has 0 aliphatic heterocycles. The number of benzene rings is 2. The smallest absolute Gasteiger partial charge is 0.323 e. The molecule has 0 unspecified atom stereocenters. The van der Waals surface area contributed by atoms with E-state index in [1.54, 1.807) is 25.1 Å². The molecule has 1 heterocycles. The standard InChI is InChI=1S/C19H16F2N2O3/c1-11-4-2-7-14-17(11)19(26)22-15(23(14)10-16(24)25)9-8-12-5-3-6-13(20)18(12)21/h2-7H,8-10H2,1H3,(H,24,25). The van der Waals surface area contributed by atoms with Crippen molar-refractivity contribution in [2.24, 2.45) is 0 Å². The molecular formula is C19H16F2N2O3. The van der Waals surface area contributed by atoms with Gasteiger partial charge in [0, 0.05) is 6.42 Å². The van der Waals surface area contributed by atoms with Gasteiger partial charge in [0.1, 0.15) is 12.4 Å². The van der Waals surface area contributed by atoms with Crippen LogP contribution in [0.25, 0.3) is 10.9 Å². The summed E-state index contributed by atoms with van der Waals surface area (Å²) in [6.45, 7) is 1.37. The average molecular weight is 358 g/mol. The van der Waals surface area contributed by atoms with Crippen molar-refractivity contribution in [1.29, 1.82) is 0 Å². The van der Waals surface area contributed by atoms with E-state index in [4.69, 9.17) is 0 Å². The molecular weight excluding hydrogens is 342 g/mol. The van der Waals surface area contributed by atoms with Crippen molar-refractivity contribution in [2.75, 3.05) is 0 Å². The van der Waals surface area contributed by atoms with Crippen LogP contribution in [-0.4, -0.2) is 20.6 Å². The van der Waals surface area contributed by atoms with Crippen LogP contribution in [-0.2, 0) is 24.2 Å². The second-order valence-electron chi connectivity index (χ2n) is 6.00. The molecule has 3 rings (SSSR count). The van der Waals surface area contributed by atoms with Gasteiger partial charge in [0.15, 0.2) is 11.6 Å². The van der Waals surface area contributed by atoms with E-state index in [9.17, 15) is 23.5 Å². The molecule has 0 fully saturated rings. The second kappa shape index (κ2) is 7.03. The summed E-state index contributed by atoms with van der Waals surface area (Å²) < 4.78 is 28.6. The minimum absolute atomic E-state index is 0.0903. The first-order valence-corrected chi connectivity index (χ1v) is 8.02. The van der Waals surface area contributed by atoms with Crippen LogP contribution in [0.1, 0.15) is 17.0 Å². The van der Waals surface area contributed by atoms with Gasteiger partial charge in [-0.3, -0.25) is 9.59 Å². The zero-order valence-electron chi connectivity index (χ0n) is 14.0. The van der Waals surface area contributed by atoms with E-state index in [1.165, 1.54) is 16.7 Å². The Balaban J connectivity index is 2.08. The first-order chi connectivity index (χ1) is 12.4. The summed E-state index contributed by atoms with van der Waals surface area (Å²) in [5.74, 6) is -2.76. The van der Waals surface area contributed by atoms with E-state index in [1.807, 2.05) is 0 Å². The number of carboxylic acids is 1.